The lowest BCUT2D eigenvalue weighted by Gasteiger charge is -2.16. The smallest absolute Gasteiger partial charge is 0.244 e. The van der Waals surface area contributed by atoms with E-state index in [4.69, 9.17) is 14.2 Å². The van der Waals surface area contributed by atoms with Gasteiger partial charge in [-0.1, -0.05) is 109 Å². The largest absolute Gasteiger partial charge is 0.379 e. The summed E-state index contributed by atoms with van der Waals surface area (Å²) in [5.74, 6) is 0. The van der Waals surface area contributed by atoms with Gasteiger partial charge >= 0.3 is 0 Å². The van der Waals surface area contributed by atoms with Crippen molar-refractivity contribution in [3.63, 3.8) is 0 Å². The zero-order valence-electron chi connectivity index (χ0n) is 24.9. The van der Waals surface area contributed by atoms with Crippen LogP contribution in [-0.4, -0.2) is 37.6 Å². The number of hydrogen-bond acceptors (Lipinski definition) is 3. The predicted molar refractivity (Wildman–Crippen MR) is 157 cm³/mol. The fraction of sp³-hybridized carbons (Fsp3) is 0.727. The van der Waals surface area contributed by atoms with Crippen molar-refractivity contribution >= 4 is 0 Å². The number of nitrogens with zero attached hydrogens (tertiary/aromatic N) is 2. The first-order chi connectivity index (χ1) is 18.7. The highest BCUT2D eigenvalue weighted by atomic mass is 16.6. The molecule has 5 nitrogen and oxygen atoms in total. The molecule has 1 heterocycles. The standard InChI is InChI=1S/C33H57N2O3/c1-4-6-7-8-9-10-11-12-13-14-15-16-17-18-24-37-28-33(36-3)29-38-27-32-21-19-20-31(25-32)26-35-23-22-34(5-2)30-35/h19-23,25,30,33H,4-18,24,26-29H2,1-3H3/q+1. The van der Waals surface area contributed by atoms with Gasteiger partial charge in [0, 0.05) is 13.7 Å². The SMILES string of the molecule is CCCCCCCCCCCCCCCCOCC(COCc1cccc(Cn2cc[n+](CC)c2)c1)OC. The Morgan fingerprint density at radius 2 is 1.37 bits per heavy atom. The van der Waals surface area contributed by atoms with E-state index in [0.717, 1.165) is 26.1 Å². The van der Waals surface area contributed by atoms with Crippen LogP contribution in [0, 0.1) is 0 Å². The Morgan fingerprint density at radius 1 is 0.763 bits per heavy atom. The predicted octanol–water partition coefficient (Wildman–Crippen LogP) is 7.87. The van der Waals surface area contributed by atoms with Gasteiger partial charge in [0.15, 0.2) is 0 Å². The molecular formula is C33H57N2O3+. The molecule has 0 N–H and O–H groups in total. The Morgan fingerprint density at radius 3 is 1.97 bits per heavy atom. The maximum absolute atomic E-state index is 5.96. The lowest BCUT2D eigenvalue weighted by molar-refractivity contribution is -0.693. The lowest BCUT2D eigenvalue weighted by atomic mass is 10.0. The number of hydrogen-bond donors (Lipinski definition) is 0. The Labute approximate surface area is 233 Å². The molecule has 0 aliphatic carbocycles. The molecule has 2 aromatic rings. The summed E-state index contributed by atoms with van der Waals surface area (Å²) in [5.41, 5.74) is 2.47. The molecule has 0 saturated carbocycles. The molecule has 0 amide bonds. The third-order valence-electron chi connectivity index (χ3n) is 7.32. The second-order valence-corrected chi connectivity index (χ2v) is 10.8. The third-order valence-corrected chi connectivity index (χ3v) is 7.32. The van der Waals surface area contributed by atoms with Crippen LogP contribution in [0.3, 0.4) is 0 Å². The van der Waals surface area contributed by atoms with Gasteiger partial charge in [-0.25, -0.2) is 9.13 Å². The molecule has 0 fully saturated rings. The highest BCUT2D eigenvalue weighted by molar-refractivity contribution is 5.23. The molecule has 0 bridgehead atoms. The van der Waals surface area contributed by atoms with Crippen molar-refractivity contribution in [2.45, 2.75) is 130 Å². The molecule has 1 unspecified atom stereocenters. The van der Waals surface area contributed by atoms with E-state index in [1.165, 1.54) is 94.6 Å². The van der Waals surface area contributed by atoms with Gasteiger partial charge in [0.05, 0.1) is 26.4 Å². The summed E-state index contributed by atoms with van der Waals surface area (Å²) >= 11 is 0. The van der Waals surface area contributed by atoms with E-state index < -0.39 is 0 Å². The van der Waals surface area contributed by atoms with Crippen molar-refractivity contribution in [3.8, 4) is 0 Å². The van der Waals surface area contributed by atoms with E-state index in [1.54, 1.807) is 7.11 Å². The van der Waals surface area contributed by atoms with Crippen LogP contribution in [0.2, 0.25) is 0 Å². The molecule has 0 aliphatic heterocycles. The second kappa shape index (κ2) is 22.2. The van der Waals surface area contributed by atoms with Gasteiger partial charge in [0.1, 0.15) is 25.0 Å². The van der Waals surface area contributed by atoms with E-state index in [2.05, 4.69) is 66.0 Å². The summed E-state index contributed by atoms with van der Waals surface area (Å²) in [5, 5.41) is 0. The normalized spacial score (nSPS) is 12.3. The van der Waals surface area contributed by atoms with Crippen molar-refractivity contribution in [1.29, 1.82) is 0 Å². The van der Waals surface area contributed by atoms with E-state index in [-0.39, 0.29) is 6.10 Å². The first kappa shape index (κ1) is 32.5. The zero-order valence-corrected chi connectivity index (χ0v) is 24.9. The maximum Gasteiger partial charge on any atom is 0.244 e. The number of unbranched alkanes of at least 4 members (excludes halogenated alkanes) is 13. The number of imidazole rings is 1. The number of aromatic nitrogens is 2. The third kappa shape index (κ3) is 15.7. The van der Waals surface area contributed by atoms with Crippen molar-refractivity contribution in [1.82, 2.24) is 4.57 Å². The molecule has 0 saturated heterocycles. The number of ether oxygens (including phenoxy) is 3. The van der Waals surface area contributed by atoms with Crippen LogP contribution in [0.5, 0.6) is 0 Å². The lowest BCUT2D eigenvalue weighted by Crippen LogP contribution is -2.28. The Balaban J connectivity index is 1.43. The molecule has 0 aliphatic rings. The van der Waals surface area contributed by atoms with Crippen LogP contribution in [0.15, 0.2) is 43.0 Å². The summed E-state index contributed by atoms with van der Waals surface area (Å²) in [4.78, 5) is 0. The summed E-state index contributed by atoms with van der Waals surface area (Å²) < 4.78 is 21.8. The molecule has 38 heavy (non-hydrogen) atoms. The minimum Gasteiger partial charge on any atom is -0.379 e. The van der Waals surface area contributed by atoms with Gasteiger partial charge in [-0.05, 0) is 30.5 Å². The zero-order chi connectivity index (χ0) is 27.1. The maximum atomic E-state index is 5.96. The number of methoxy groups -OCH3 is 1. The van der Waals surface area contributed by atoms with E-state index in [1.807, 2.05) is 0 Å². The minimum atomic E-state index is -0.0193. The Bertz CT molecular complexity index is 807. The number of aryl methyl sites for hydroxylation is 1. The van der Waals surface area contributed by atoms with Gasteiger partial charge in [-0.15, -0.1) is 0 Å². The van der Waals surface area contributed by atoms with Gasteiger partial charge in [0.25, 0.3) is 0 Å². The first-order valence-electron chi connectivity index (χ1n) is 15.6. The molecule has 216 valence electrons. The van der Waals surface area contributed by atoms with Crippen LogP contribution in [0.1, 0.15) is 115 Å². The van der Waals surface area contributed by atoms with E-state index in [9.17, 15) is 0 Å². The van der Waals surface area contributed by atoms with Crippen molar-refractivity contribution in [3.05, 3.63) is 54.1 Å². The molecule has 1 aromatic carbocycles. The van der Waals surface area contributed by atoms with Gasteiger partial charge < -0.3 is 14.2 Å². The van der Waals surface area contributed by atoms with Crippen LogP contribution in [0.25, 0.3) is 0 Å². The number of rotatable bonds is 25. The molecule has 0 spiro atoms. The van der Waals surface area contributed by atoms with Crippen molar-refractivity contribution < 1.29 is 18.8 Å². The number of benzene rings is 1. The minimum absolute atomic E-state index is 0.0193. The van der Waals surface area contributed by atoms with Crippen LogP contribution >= 0.6 is 0 Å². The van der Waals surface area contributed by atoms with Gasteiger partial charge in [-0.3, -0.25) is 0 Å². The average molecular weight is 530 g/mol. The molecule has 2 rings (SSSR count). The van der Waals surface area contributed by atoms with Crippen molar-refractivity contribution in [2.24, 2.45) is 0 Å². The van der Waals surface area contributed by atoms with Crippen molar-refractivity contribution in [2.75, 3.05) is 26.9 Å². The van der Waals surface area contributed by atoms with Gasteiger partial charge in [0.2, 0.25) is 6.33 Å². The average Bonchev–Trinajstić information content (AvgIpc) is 3.39. The molecule has 1 atom stereocenters. The summed E-state index contributed by atoms with van der Waals surface area (Å²) in [6, 6.07) is 8.63. The highest BCUT2D eigenvalue weighted by Crippen LogP contribution is 2.13. The quantitative estimate of drug-likeness (QED) is 0.0970. The molecule has 5 heteroatoms. The summed E-state index contributed by atoms with van der Waals surface area (Å²) in [6.45, 7) is 8.86. The fourth-order valence-electron chi connectivity index (χ4n) is 4.85. The Hall–Kier alpha value is -1.69. The first-order valence-corrected chi connectivity index (χ1v) is 15.6. The van der Waals surface area contributed by atoms with Gasteiger partial charge in [-0.2, -0.15) is 0 Å². The molecular weight excluding hydrogens is 472 g/mol. The monoisotopic (exact) mass is 529 g/mol. The van der Waals surface area contributed by atoms with Crippen LogP contribution in [-0.2, 0) is 33.9 Å². The van der Waals surface area contributed by atoms with E-state index in [0.29, 0.717) is 19.8 Å². The summed E-state index contributed by atoms with van der Waals surface area (Å²) in [6.07, 6.45) is 25.7. The van der Waals surface area contributed by atoms with E-state index >= 15 is 0 Å². The molecule has 0 radical (unpaired) electrons. The topological polar surface area (TPSA) is 36.5 Å². The highest BCUT2D eigenvalue weighted by Gasteiger charge is 2.09. The van der Waals surface area contributed by atoms with Crippen LogP contribution in [0.4, 0.5) is 0 Å². The fourth-order valence-corrected chi connectivity index (χ4v) is 4.85. The van der Waals surface area contributed by atoms with Crippen LogP contribution < -0.4 is 4.57 Å². The Kier molecular flexibility index (Phi) is 19.0. The second-order valence-electron chi connectivity index (χ2n) is 10.8. The summed E-state index contributed by atoms with van der Waals surface area (Å²) in [7, 11) is 1.74. The molecule has 1 aromatic heterocycles.